The Bertz CT molecular complexity index is 1040. The number of pyridine rings is 2. The van der Waals surface area contributed by atoms with Crippen molar-refractivity contribution in [2.24, 2.45) is 5.92 Å². The van der Waals surface area contributed by atoms with Gasteiger partial charge in [-0.2, -0.15) is 0 Å². The van der Waals surface area contributed by atoms with Gasteiger partial charge in [0.2, 0.25) is 5.91 Å². The molecule has 2 amide bonds. The topological polar surface area (TPSA) is 66.4 Å². The predicted octanol–water partition coefficient (Wildman–Crippen LogP) is 3.31. The standard InChI is InChI=1S/C25H26N4O2/c1-2-28-14-15-29(24(30)21-8-12-27-13-9-21)18-23(25(28)31)17-19-4-3-5-22(16-19)20-6-10-26-11-7-20/h3-13,16,23H,2,14-15,17-18H2,1H3. The van der Waals surface area contributed by atoms with Crippen LogP contribution >= 0.6 is 0 Å². The SMILES string of the molecule is CCN1CCN(C(=O)c2ccncc2)CC(Cc2cccc(-c3ccncc3)c2)C1=O. The highest BCUT2D eigenvalue weighted by atomic mass is 16.2. The van der Waals surface area contributed by atoms with Gasteiger partial charge in [0, 0.05) is 56.5 Å². The van der Waals surface area contributed by atoms with E-state index in [-0.39, 0.29) is 17.7 Å². The molecular weight excluding hydrogens is 388 g/mol. The molecule has 3 heterocycles. The minimum absolute atomic E-state index is 0.0521. The Morgan fingerprint density at radius 1 is 0.968 bits per heavy atom. The number of likely N-dealkylation sites (N-methyl/N-ethyl adjacent to an activating group) is 1. The average Bonchev–Trinajstić information content (AvgIpc) is 2.98. The van der Waals surface area contributed by atoms with Crippen LogP contribution in [-0.4, -0.2) is 57.8 Å². The lowest BCUT2D eigenvalue weighted by atomic mass is 9.95. The number of hydrogen-bond donors (Lipinski definition) is 0. The van der Waals surface area contributed by atoms with Crippen LogP contribution in [-0.2, 0) is 11.2 Å². The molecule has 2 aromatic heterocycles. The number of rotatable bonds is 5. The van der Waals surface area contributed by atoms with E-state index in [0.717, 1.165) is 16.7 Å². The third-order valence-electron chi connectivity index (χ3n) is 5.76. The molecule has 31 heavy (non-hydrogen) atoms. The second kappa shape index (κ2) is 9.51. The number of nitrogens with zero attached hydrogens (tertiary/aromatic N) is 4. The van der Waals surface area contributed by atoms with Crippen molar-refractivity contribution in [2.45, 2.75) is 13.3 Å². The summed E-state index contributed by atoms with van der Waals surface area (Å²) in [6.45, 7) is 4.13. The summed E-state index contributed by atoms with van der Waals surface area (Å²) in [7, 11) is 0. The molecule has 0 aliphatic carbocycles. The fourth-order valence-corrected chi connectivity index (χ4v) is 4.08. The Hall–Kier alpha value is -3.54. The molecular formula is C25H26N4O2. The first kappa shape index (κ1) is 20.7. The largest absolute Gasteiger partial charge is 0.341 e. The molecule has 3 aromatic rings. The molecule has 1 aromatic carbocycles. The summed E-state index contributed by atoms with van der Waals surface area (Å²) >= 11 is 0. The van der Waals surface area contributed by atoms with Crippen LogP contribution in [0.1, 0.15) is 22.8 Å². The zero-order valence-corrected chi connectivity index (χ0v) is 17.6. The van der Waals surface area contributed by atoms with Gasteiger partial charge in [0.05, 0.1) is 5.92 Å². The molecule has 1 aliphatic heterocycles. The molecule has 0 N–H and O–H groups in total. The first-order chi connectivity index (χ1) is 15.2. The van der Waals surface area contributed by atoms with E-state index >= 15 is 0 Å². The minimum atomic E-state index is -0.277. The highest BCUT2D eigenvalue weighted by molar-refractivity contribution is 5.94. The van der Waals surface area contributed by atoms with Gasteiger partial charge >= 0.3 is 0 Å². The van der Waals surface area contributed by atoms with E-state index in [4.69, 9.17) is 0 Å². The Kier molecular flexibility index (Phi) is 6.36. The summed E-state index contributed by atoms with van der Waals surface area (Å²) in [4.78, 5) is 38.0. The predicted molar refractivity (Wildman–Crippen MR) is 119 cm³/mol. The van der Waals surface area contributed by atoms with Crippen molar-refractivity contribution < 1.29 is 9.59 Å². The van der Waals surface area contributed by atoms with Gasteiger partial charge in [-0.05, 0) is 54.3 Å². The molecule has 158 valence electrons. The zero-order chi connectivity index (χ0) is 21.6. The molecule has 1 saturated heterocycles. The fraction of sp³-hybridized carbons (Fsp3) is 0.280. The summed E-state index contributed by atoms with van der Waals surface area (Å²) in [5.74, 6) is -0.216. The number of aromatic nitrogens is 2. The molecule has 6 nitrogen and oxygen atoms in total. The second-order valence-electron chi connectivity index (χ2n) is 7.74. The van der Waals surface area contributed by atoms with Crippen molar-refractivity contribution >= 4 is 11.8 Å². The van der Waals surface area contributed by atoms with E-state index in [1.807, 2.05) is 36.1 Å². The Labute approximate surface area is 182 Å². The van der Waals surface area contributed by atoms with Gasteiger partial charge in [0.1, 0.15) is 0 Å². The van der Waals surface area contributed by atoms with Gasteiger partial charge in [-0.1, -0.05) is 24.3 Å². The number of hydrogen-bond acceptors (Lipinski definition) is 4. The maximum absolute atomic E-state index is 13.2. The molecule has 1 aliphatic rings. The van der Waals surface area contributed by atoms with Gasteiger partial charge in [-0.25, -0.2) is 0 Å². The van der Waals surface area contributed by atoms with E-state index < -0.39 is 0 Å². The highest BCUT2D eigenvalue weighted by Crippen LogP contribution is 2.23. The van der Waals surface area contributed by atoms with Crippen LogP contribution in [0.4, 0.5) is 0 Å². The van der Waals surface area contributed by atoms with Gasteiger partial charge in [0.25, 0.3) is 5.91 Å². The van der Waals surface area contributed by atoms with E-state index in [1.165, 1.54) is 0 Å². The van der Waals surface area contributed by atoms with Crippen molar-refractivity contribution in [1.82, 2.24) is 19.8 Å². The van der Waals surface area contributed by atoms with Crippen LogP contribution in [0.2, 0.25) is 0 Å². The normalized spacial score (nSPS) is 16.8. The van der Waals surface area contributed by atoms with Crippen LogP contribution in [0.5, 0.6) is 0 Å². The van der Waals surface area contributed by atoms with Gasteiger partial charge < -0.3 is 9.80 Å². The maximum Gasteiger partial charge on any atom is 0.254 e. The molecule has 1 fully saturated rings. The van der Waals surface area contributed by atoms with Crippen LogP contribution in [0, 0.1) is 5.92 Å². The van der Waals surface area contributed by atoms with Crippen LogP contribution in [0.15, 0.2) is 73.3 Å². The Balaban J connectivity index is 1.57. The molecule has 0 saturated carbocycles. The van der Waals surface area contributed by atoms with Crippen LogP contribution in [0.25, 0.3) is 11.1 Å². The van der Waals surface area contributed by atoms with Gasteiger partial charge in [-0.15, -0.1) is 0 Å². The summed E-state index contributed by atoms with van der Waals surface area (Å²) in [5.41, 5.74) is 3.87. The van der Waals surface area contributed by atoms with Crippen molar-refractivity contribution in [3.05, 3.63) is 84.4 Å². The monoisotopic (exact) mass is 414 g/mol. The molecule has 6 heteroatoms. The van der Waals surface area contributed by atoms with Crippen molar-refractivity contribution in [2.75, 3.05) is 26.2 Å². The average molecular weight is 415 g/mol. The van der Waals surface area contributed by atoms with E-state index in [0.29, 0.717) is 38.2 Å². The fourth-order valence-electron chi connectivity index (χ4n) is 4.08. The highest BCUT2D eigenvalue weighted by Gasteiger charge is 2.32. The lowest BCUT2D eigenvalue weighted by molar-refractivity contribution is -0.134. The van der Waals surface area contributed by atoms with E-state index in [9.17, 15) is 9.59 Å². The number of carbonyl (C=O) groups is 2. The summed E-state index contributed by atoms with van der Waals surface area (Å²) in [6.07, 6.45) is 7.39. The van der Waals surface area contributed by atoms with E-state index in [1.54, 1.807) is 41.8 Å². The molecule has 1 atom stereocenters. The lowest BCUT2D eigenvalue weighted by Crippen LogP contribution is -2.37. The third-order valence-corrected chi connectivity index (χ3v) is 5.76. The third kappa shape index (κ3) is 4.79. The number of benzene rings is 1. The second-order valence-corrected chi connectivity index (χ2v) is 7.74. The van der Waals surface area contributed by atoms with Crippen molar-refractivity contribution in [3.63, 3.8) is 0 Å². The number of amides is 2. The van der Waals surface area contributed by atoms with Crippen LogP contribution in [0.3, 0.4) is 0 Å². The molecule has 0 bridgehead atoms. The van der Waals surface area contributed by atoms with Crippen molar-refractivity contribution in [3.8, 4) is 11.1 Å². The number of carbonyl (C=O) groups excluding carboxylic acids is 2. The van der Waals surface area contributed by atoms with Crippen LogP contribution < -0.4 is 0 Å². The Morgan fingerprint density at radius 3 is 2.39 bits per heavy atom. The van der Waals surface area contributed by atoms with Gasteiger partial charge in [-0.3, -0.25) is 19.6 Å². The summed E-state index contributed by atoms with van der Waals surface area (Å²) in [6, 6.07) is 15.6. The Morgan fingerprint density at radius 2 is 1.68 bits per heavy atom. The maximum atomic E-state index is 13.2. The molecule has 0 spiro atoms. The first-order valence-electron chi connectivity index (χ1n) is 10.6. The molecule has 0 radical (unpaired) electrons. The summed E-state index contributed by atoms with van der Waals surface area (Å²) in [5, 5.41) is 0. The quantitative estimate of drug-likeness (QED) is 0.643. The molecule has 4 rings (SSSR count). The van der Waals surface area contributed by atoms with Crippen molar-refractivity contribution in [1.29, 1.82) is 0 Å². The summed E-state index contributed by atoms with van der Waals surface area (Å²) < 4.78 is 0. The molecule has 1 unspecified atom stereocenters. The van der Waals surface area contributed by atoms with Gasteiger partial charge in [0.15, 0.2) is 0 Å². The first-order valence-corrected chi connectivity index (χ1v) is 10.6. The lowest BCUT2D eigenvalue weighted by Gasteiger charge is -2.24. The minimum Gasteiger partial charge on any atom is -0.341 e. The smallest absolute Gasteiger partial charge is 0.254 e. The van der Waals surface area contributed by atoms with E-state index in [2.05, 4.69) is 22.1 Å². The zero-order valence-electron chi connectivity index (χ0n) is 17.6.